The zero-order valence-corrected chi connectivity index (χ0v) is 18.7. The second-order valence-corrected chi connectivity index (χ2v) is 9.46. The molecule has 0 radical (unpaired) electrons. The third-order valence-electron chi connectivity index (χ3n) is 7.53. The molecule has 0 spiro atoms. The summed E-state index contributed by atoms with van der Waals surface area (Å²) >= 11 is 0. The van der Waals surface area contributed by atoms with Crippen LogP contribution in [0, 0.1) is 6.92 Å². The largest absolute Gasteiger partial charge is 0.210 e. The number of benzene rings is 1. The molecule has 0 amide bonds. The van der Waals surface area contributed by atoms with Gasteiger partial charge in [-0.05, 0) is 35.1 Å². The van der Waals surface area contributed by atoms with Crippen molar-refractivity contribution in [2.75, 3.05) is 0 Å². The van der Waals surface area contributed by atoms with Crippen LogP contribution in [0.3, 0.4) is 0 Å². The molecule has 2 aliphatic rings. The number of hydrogen-bond donors (Lipinski definition) is 0. The Labute approximate surface area is 171 Å². The van der Waals surface area contributed by atoms with Crippen LogP contribution in [0.4, 0.5) is 0 Å². The molecule has 2 heterocycles. The monoisotopic (exact) mass is 374 g/mol. The lowest BCUT2D eigenvalue weighted by Gasteiger charge is -2.36. The quantitative estimate of drug-likeness (QED) is 0.510. The lowest BCUT2D eigenvalue weighted by atomic mass is 9.74. The molecule has 1 aromatic carbocycles. The van der Waals surface area contributed by atoms with E-state index in [0.29, 0.717) is 0 Å². The van der Waals surface area contributed by atoms with E-state index in [-0.39, 0.29) is 11.0 Å². The van der Waals surface area contributed by atoms with Crippen LogP contribution in [0.5, 0.6) is 0 Å². The molecule has 0 unspecified atom stereocenters. The fraction of sp³-hybridized carbons (Fsp3) is 0.519. The number of rotatable bonds is 5. The molecule has 1 aliphatic heterocycles. The molecule has 1 aromatic heterocycles. The van der Waals surface area contributed by atoms with Gasteiger partial charge >= 0.3 is 0 Å². The summed E-state index contributed by atoms with van der Waals surface area (Å²) < 4.78 is 2.72. The Morgan fingerprint density at radius 1 is 1.00 bits per heavy atom. The van der Waals surface area contributed by atoms with Gasteiger partial charge in [-0.3, -0.25) is 0 Å². The third kappa shape index (κ3) is 2.62. The number of fused-ring (bicyclic) bond motifs is 4. The Morgan fingerprint density at radius 3 is 2.39 bits per heavy atom. The number of unbranched alkanes of at least 4 members (excludes halogenated alkanes) is 1. The first-order valence-corrected chi connectivity index (χ1v) is 11.3. The predicted octanol–water partition coefficient (Wildman–Crippen LogP) is 6.75. The molecule has 0 atom stereocenters. The van der Waals surface area contributed by atoms with Crippen LogP contribution in [0.2, 0.25) is 0 Å². The molecule has 2 aromatic rings. The fourth-order valence-electron chi connectivity index (χ4n) is 5.96. The summed E-state index contributed by atoms with van der Waals surface area (Å²) in [6, 6.07) is 14.1. The lowest BCUT2D eigenvalue weighted by Crippen LogP contribution is -2.62. The molecular formula is C27H36N+. The Hall–Kier alpha value is -1.89. The third-order valence-corrected chi connectivity index (χ3v) is 7.53. The molecule has 28 heavy (non-hydrogen) atoms. The smallest absolute Gasteiger partial charge is 0.190 e. The molecule has 1 aliphatic carbocycles. The fourth-order valence-corrected chi connectivity index (χ4v) is 5.96. The van der Waals surface area contributed by atoms with E-state index in [1.807, 2.05) is 0 Å². The van der Waals surface area contributed by atoms with Gasteiger partial charge in [-0.15, -0.1) is 0 Å². The molecule has 0 saturated carbocycles. The van der Waals surface area contributed by atoms with Crippen LogP contribution in [-0.4, -0.2) is 0 Å². The normalized spacial score (nSPS) is 18.6. The van der Waals surface area contributed by atoms with E-state index < -0.39 is 0 Å². The molecule has 0 fully saturated rings. The first-order valence-electron chi connectivity index (χ1n) is 11.3. The minimum absolute atomic E-state index is 0.0666. The number of nitrogens with zero attached hydrogens (tertiary/aromatic N) is 1. The lowest BCUT2D eigenvalue weighted by molar-refractivity contribution is -0.773. The number of hydrogen-bond acceptors (Lipinski definition) is 0. The van der Waals surface area contributed by atoms with Gasteiger partial charge in [0.05, 0.1) is 0 Å². The molecule has 1 nitrogen and oxygen atoms in total. The topological polar surface area (TPSA) is 3.88 Å². The molecule has 1 heteroatoms. The maximum absolute atomic E-state index is 2.72. The van der Waals surface area contributed by atoms with E-state index in [4.69, 9.17) is 0 Å². The van der Waals surface area contributed by atoms with E-state index in [1.54, 1.807) is 11.1 Å². The molecule has 0 bridgehead atoms. The van der Waals surface area contributed by atoms with Crippen molar-refractivity contribution in [3.05, 3.63) is 64.5 Å². The zero-order chi connectivity index (χ0) is 20.1. The van der Waals surface area contributed by atoms with Gasteiger partial charge in [0.25, 0.3) is 0 Å². The molecule has 0 N–H and O–H groups in total. The Balaban J connectivity index is 2.02. The standard InChI is InChI=1S/C27H36N/c1-7-10-13-20-16-19(4)28-24(17-20)25-22(18-27(28,8-2)9-3)21-14-11-12-15-23(21)26(25,5)6/h11-12,14-17H,7-10,13,18H2,1-6H3/q+1. The maximum Gasteiger partial charge on any atom is 0.210 e. The summed E-state index contributed by atoms with van der Waals surface area (Å²) in [5.41, 5.74) is 10.9. The highest BCUT2D eigenvalue weighted by Crippen LogP contribution is 2.55. The molecule has 0 saturated heterocycles. The van der Waals surface area contributed by atoms with E-state index in [2.05, 4.69) is 82.5 Å². The average molecular weight is 375 g/mol. The Kier molecular flexibility index (Phi) is 4.76. The summed E-state index contributed by atoms with van der Waals surface area (Å²) in [4.78, 5) is 0. The zero-order valence-electron chi connectivity index (χ0n) is 18.7. The van der Waals surface area contributed by atoms with Crippen molar-refractivity contribution in [2.24, 2.45) is 0 Å². The highest BCUT2D eigenvalue weighted by Gasteiger charge is 2.52. The van der Waals surface area contributed by atoms with Crippen LogP contribution in [-0.2, 0) is 17.4 Å². The van der Waals surface area contributed by atoms with Crippen LogP contribution in [0.15, 0.2) is 36.4 Å². The van der Waals surface area contributed by atoms with Gasteiger partial charge < -0.3 is 0 Å². The number of aromatic nitrogens is 1. The number of pyridine rings is 1. The van der Waals surface area contributed by atoms with Gasteiger partial charge in [0.2, 0.25) is 5.69 Å². The predicted molar refractivity (Wildman–Crippen MR) is 119 cm³/mol. The summed E-state index contributed by atoms with van der Waals surface area (Å²) in [6.45, 7) is 14.2. The van der Waals surface area contributed by atoms with Crippen molar-refractivity contribution in [1.82, 2.24) is 0 Å². The summed E-state index contributed by atoms with van der Waals surface area (Å²) in [6.07, 6.45) is 7.22. The SMILES string of the molecule is CCCCc1cc(C)[n+]2c(c1)C1=C(CC2(CC)CC)c2ccccc2C1(C)C. The van der Waals surface area contributed by atoms with Gasteiger partial charge in [0.15, 0.2) is 11.2 Å². The highest BCUT2D eigenvalue weighted by atomic mass is 15.1. The van der Waals surface area contributed by atoms with Crippen LogP contribution >= 0.6 is 0 Å². The molecule has 4 rings (SSSR count). The van der Waals surface area contributed by atoms with Crippen molar-refractivity contribution >= 4 is 11.1 Å². The van der Waals surface area contributed by atoms with Crippen molar-refractivity contribution in [3.8, 4) is 0 Å². The van der Waals surface area contributed by atoms with Crippen LogP contribution < -0.4 is 4.57 Å². The minimum Gasteiger partial charge on any atom is -0.190 e. The van der Waals surface area contributed by atoms with Crippen LogP contribution in [0.1, 0.15) is 94.8 Å². The summed E-state index contributed by atoms with van der Waals surface area (Å²) in [5, 5.41) is 0. The first kappa shape index (κ1) is 19.4. The van der Waals surface area contributed by atoms with Crippen molar-refractivity contribution in [3.63, 3.8) is 0 Å². The van der Waals surface area contributed by atoms with Crippen molar-refractivity contribution < 1.29 is 4.57 Å². The Morgan fingerprint density at radius 2 is 1.71 bits per heavy atom. The maximum atomic E-state index is 2.72. The van der Waals surface area contributed by atoms with Gasteiger partial charge in [-0.1, -0.05) is 65.3 Å². The summed E-state index contributed by atoms with van der Waals surface area (Å²) in [5.74, 6) is 0. The average Bonchev–Trinajstić information content (AvgIpc) is 2.93. The number of allylic oxidation sites excluding steroid dienone is 2. The van der Waals surface area contributed by atoms with Gasteiger partial charge in [-0.2, -0.15) is 4.57 Å². The second-order valence-electron chi connectivity index (χ2n) is 9.46. The van der Waals surface area contributed by atoms with E-state index in [0.717, 1.165) is 6.42 Å². The van der Waals surface area contributed by atoms with Crippen LogP contribution in [0.25, 0.3) is 11.1 Å². The van der Waals surface area contributed by atoms with E-state index >= 15 is 0 Å². The highest BCUT2D eigenvalue weighted by molar-refractivity contribution is 6.00. The molecule has 148 valence electrons. The molecular weight excluding hydrogens is 338 g/mol. The van der Waals surface area contributed by atoms with Crippen molar-refractivity contribution in [1.29, 1.82) is 0 Å². The second kappa shape index (κ2) is 6.87. The van der Waals surface area contributed by atoms with E-state index in [1.165, 1.54) is 60.2 Å². The van der Waals surface area contributed by atoms with E-state index in [9.17, 15) is 0 Å². The van der Waals surface area contributed by atoms with Gasteiger partial charge in [0.1, 0.15) is 0 Å². The Bertz CT molecular complexity index is 941. The van der Waals surface area contributed by atoms with Gasteiger partial charge in [-0.25, -0.2) is 0 Å². The summed E-state index contributed by atoms with van der Waals surface area (Å²) in [7, 11) is 0. The minimum atomic E-state index is 0.0666. The number of aryl methyl sites for hydroxylation is 2. The van der Waals surface area contributed by atoms with Crippen molar-refractivity contribution in [2.45, 2.75) is 91.0 Å². The first-order chi connectivity index (χ1) is 13.4. The van der Waals surface area contributed by atoms with Gasteiger partial charge in [0, 0.05) is 49.3 Å².